The minimum absolute atomic E-state index is 0.294. The van der Waals surface area contributed by atoms with Gasteiger partial charge in [-0.3, -0.25) is 0 Å². The molecule has 0 radical (unpaired) electrons. The first kappa shape index (κ1) is 10.8. The van der Waals surface area contributed by atoms with Crippen LogP contribution in [0.2, 0.25) is 5.02 Å². The molecule has 0 N–H and O–H groups in total. The number of hydrogen-bond donors (Lipinski definition) is 0. The molecule has 0 spiro atoms. The van der Waals surface area contributed by atoms with Gasteiger partial charge in [0.15, 0.2) is 0 Å². The van der Waals surface area contributed by atoms with Crippen molar-refractivity contribution in [3.05, 3.63) is 39.7 Å². The zero-order valence-corrected chi connectivity index (χ0v) is 9.49. The van der Waals surface area contributed by atoms with Crippen molar-refractivity contribution in [2.75, 3.05) is 7.11 Å². The van der Waals surface area contributed by atoms with E-state index >= 15 is 0 Å². The molecule has 1 heterocycles. The molecule has 0 saturated carbocycles. The number of halogens is 1. The molecule has 84 valence electrons. The Hall–Kier alpha value is -1.75. The monoisotopic (exact) mass is 240 g/mol. The molecule has 1 aromatic carbocycles. The van der Waals surface area contributed by atoms with Crippen molar-refractivity contribution in [3.8, 4) is 11.4 Å². The molecule has 0 unspecified atom stereocenters. The number of ether oxygens (including phenoxy) is 1. The minimum Gasteiger partial charge on any atom is -0.494 e. The van der Waals surface area contributed by atoms with Crippen LogP contribution in [-0.4, -0.2) is 16.9 Å². The van der Waals surface area contributed by atoms with E-state index in [-0.39, 0.29) is 0 Å². The van der Waals surface area contributed by atoms with E-state index in [1.54, 1.807) is 25.1 Å². The molecular formula is C10H9ClN2O3. The van der Waals surface area contributed by atoms with Crippen LogP contribution in [0.1, 0.15) is 5.89 Å². The van der Waals surface area contributed by atoms with E-state index in [2.05, 4.69) is 5.10 Å². The highest BCUT2D eigenvalue weighted by atomic mass is 35.5. The van der Waals surface area contributed by atoms with E-state index in [0.717, 1.165) is 4.68 Å². The van der Waals surface area contributed by atoms with Gasteiger partial charge in [-0.2, -0.15) is 4.68 Å². The highest BCUT2D eigenvalue weighted by molar-refractivity contribution is 6.30. The molecule has 0 aliphatic carbocycles. The van der Waals surface area contributed by atoms with Crippen molar-refractivity contribution in [2.45, 2.75) is 6.92 Å². The highest BCUT2D eigenvalue weighted by Gasteiger charge is 2.12. The Balaban J connectivity index is 2.64. The lowest BCUT2D eigenvalue weighted by atomic mass is 10.3. The third kappa shape index (κ3) is 1.81. The van der Waals surface area contributed by atoms with Crippen molar-refractivity contribution in [1.29, 1.82) is 0 Å². The second-order valence-corrected chi connectivity index (χ2v) is 3.55. The predicted molar refractivity (Wildman–Crippen MR) is 58.4 cm³/mol. The second kappa shape index (κ2) is 4.02. The summed E-state index contributed by atoms with van der Waals surface area (Å²) in [7, 11) is 1.49. The maximum absolute atomic E-state index is 11.4. The van der Waals surface area contributed by atoms with Crippen LogP contribution in [0.5, 0.6) is 5.75 Å². The third-order valence-electron chi connectivity index (χ3n) is 2.02. The lowest BCUT2D eigenvalue weighted by Crippen LogP contribution is -2.14. The average molecular weight is 241 g/mol. The Morgan fingerprint density at radius 1 is 1.50 bits per heavy atom. The molecule has 16 heavy (non-hydrogen) atoms. The molecule has 0 atom stereocenters. The standard InChI is InChI=1S/C10H9ClN2O3/c1-6-12-13(10(14)16-6)8-4-3-7(11)5-9(8)15-2/h3-5H,1-2H3. The van der Waals surface area contributed by atoms with Gasteiger partial charge in [0.1, 0.15) is 11.4 Å². The Labute approximate surface area is 96.2 Å². The van der Waals surface area contributed by atoms with Gasteiger partial charge in [-0.15, -0.1) is 5.10 Å². The van der Waals surface area contributed by atoms with Crippen molar-refractivity contribution < 1.29 is 9.15 Å². The Kier molecular flexibility index (Phi) is 2.70. The van der Waals surface area contributed by atoms with Crippen LogP contribution in [0.25, 0.3) is 5.69 Å². The van der Waals surface area contributed by atoms with Crippen LogP contribution in [0.3, 0.4) is 0 Å². The second-order valence-electron chi connectivity index (χ2n) is 3.11. The summed E-state index contributed by atoms with van der Waals surface area (Å²) in [6, 6.07) is 4.90. The molecule has 0 fully saturated rings. The Morgan fingerprint density at radius 2 is 2.25 bits per heavy atom. The number of nitrogens with zero attached hydrogens (tertiary/aromatic N) is 2. The number of rotatable bonds is 2. The number of methoxy groups -OCH3 is 1. The molecule has 0 amide bonds. The Bertz CT molecular complexity index is 574. The molecule has 2 aromatic rings. The normalized spacial score (nSPS) is 10.4. The van der Waals surface area contributed by atoms with Crippen LogP contribution >= 0.6 is 11.6 Å². The van der Waals surface area contributed by atoms with Crippen LogP contribution in [0.15, 0.2) is 27.4 Å². The molecule has 0 aliphatic rings. The lowest BCUT2D eigenvalue weighted by Gasteiger charge is -2.06. The zero-order valence-electron chi connectivity index (χ0n) is 8.73. The first-order valence-electron chi connectivity index (χ1n) is 4.52. The van der Waals surface area contributed by atoms with Crippen LogP contribution in [0, 0.1) is 6.92 Å². The van der Waals surface area contributed by atoms with Gasteiger partial charge in [0, 0.05) is 18.0 Å². The zero-order chi connectivity index (χ0) is 11.7. The van der Waals surface area contributed by atoms with Gasteiger partial charge >= 0.3 is 5.76 Å². The van der Waals surface area contributed by atoms with Crippen LogP contribution in [0.4, 0.5) is 0 Å². The molecule has 6 heteroatoms. The molecule has 2 rings (SSSR count). The molecular weight excluding hydrogens is 232 g/mol. The number of benzene rings is 1. The lowest BCUT2D eigenvalue weighted by molar-refractivity contribution is 0.410. The summed E-state index contributed by atoms with van der Waals surface area (Å²) in [6.45, 7) is 1.60. The fraction of sp³-hybridized carbons (Fsp3) is 0.200. The van der Waals surface area contributed by atoms with Crippen molar-refractivity contribution in [2.24, 2.45) is 0 Å². The van der Waals surface area contributed by atoms with Crippen molar-refractivity contribution in [1.82, 2.24) is 9.78 Å². The van der Waals surface area contributed by atoms with E-state index in [9.17, 15) is 4.79 Å². The molecule has 5 nitrogen and oxygen atoms in total. The fourth-order valence-electron chi connectivity index (χ4n) is 1.35. The number of hydrogen-bond acceptors (Lipinski definition) is 4. The van der Waals surface area contributed by atoms with E-state index in [1.807, 2.05) is 0 Å². The van der Waals surface area contributed by atoms with Gasteiger partial charge in [-0.25, -0.2) is 4.79 Å². The first-order valence-corrected chi connectivity index (χ1v) is 4.90. The number of aryl methyl sites for hydroxylation is 1. The van der Waals surface area contributed by atoms with Gasteiger partial charge in [-0.1, -0.05) is 11.6 Å². The minimum atomic E-state index is -0.557. The summed E-state index contributed by atoms with van der Waals surface area (Å²) in [5, 5.41) is 4.46. The molecule has 0 saturated heterocycles. The summed E-state index contributed by atoms with van der Waals surface area (Å²) in [5.74, 6) is 0.197. The fourth-order valence-corrected chi connectivity index (χ4v) is 1.51. The van der Waals surface area contributed by atoms with E-state index in [4.69, 9.17) is 20.8 Å². The topological polar surface area (TPSA) is 57.3 Å². The van der Waals surface area contributed by atoms with E-state index in [1.165, 1.54) is 7.11 Å². The van der Waals surface area contributed by atoms with E-state index < -0.39 is 5.76 Å². The summed E-state index contributed by atoms with van der Waals surface area (Å²) < 4.78 is 11.1. The summed E-state index contributed by atoms with van der Waals surface area (Å²) >= 11 is 5.82. The third-order valence-corrected chi connectivity index (χ3v) is 2.25. The maximum atomic E-state index is 11.4. The summed E-state index contributed by atoms with van der Waals surface area (Å²) in [4.78, 5) is 11.4. The molecule has 0 bridgehead atoms. The SMILES string of the molecule is COc1cc(Cl)ccc1-n1nc(C)oc1=O. The average Bonchev–Trinajstić information content (AvgIpc) is 2.57. The Morgan fingerprint density at radius 3 is 2.81 bits per heavy atom. The first-order chi connectivity index (χ1) is 7.61. The molecule has 0 aliphatic heterocycles. The smallest absolute Gasteiger partial charge is 0.442 e. The van der Waals surface area contributed by atoms with Crippen molar-refractivity contribution >= 4 is 11.6 Å². The predicted octanol–water partition coefficient (Wildman–Crippen LogP) is 1.80. The highest BCUT2D eigenvalue weighted by Crippen LogP contribution is 2.25. The van der Waals surface area contributed by atoms with Crippen LogP contribution in [-0.2, 0) is 0 Å². The number of aromatic nitrogens is 2. The summed E-state index contributed by atoms with van der Waals surface area (Å²) in [5.41, 5.74) is 0.494. The quantitative estimate of drug-likeness (QED) is 0.803. The van der Waals surface area contributed by atoms with Gasteiger partial charge < -0.3 is 9.15 Å². The van der Waals surface area contributed by atoms with Gasteiger partial charge in [0.2, 0.25) is 5.89 Å². The maximum Gasteiger partial charge on any atom is 0.442 e. The molecule has 1 aromatic heterocycles. The van der Waals surface area contributed by atoms with Crippen LogP contribution < -0.4 is 10.5 Å². The van der Waals surface area contributed by atoms with Gasteiger partial charge in [0.25, 0.3) is 0 Å². The van der Waals surface area contributed by atoms with Crippen molar-refractivity contribution in [3.63, 3.8) is 0 Å². The largest absolute Gasteiger partial charge is 0.494 e. The van der Waals surface area contributed by atoms with E-state index in [0.29, 0.717) is 22.4 Å². The summed E-state index contributed by atoms with van der Waals surface area (Å²) in [6.07, 6.45) is 0. The van der Waals surface area contributed by atoms with Gasteiger partial charge in [-0.05, 0) is 12.1 Å². The van der Waals surface area contributed by atoms with Gasteiger partial charge in [0.05, 0.1) is 7.11 Å².